The van der Waals surface area contributed by atoms with Crippen LogP contribution in [-0.2, 0) is 9.59 Å². The van der Waals surface area contributed by atoms with Crippen LogP contribution in [0.4, 0.5) is 15.2 Å². The molecule has 44 heavy (non-hydrogen) atoms. The molecule has 5 rings (SSSR count). The Morgan fingerprint density at radius 1 is 0.864 bits per heavy atom. The van der Waals surface area contributed by atoms with Gasteiger partial charge in [0.15, 0.2) is 5.13 Å². The van der Waals surface area contributed by atoms with E-state index >= 15 is 0 Å². The monoisotopic (exact) mass is 622 g/mol. The number of aryl methyl sites for hydroxylation is 1. The number of anilines is 2. The molecule has 7 nitrogen and oxygen atoms in total. The molecule has 10 heteroatoms. The Kier molecular flexibility index (Phi) is 9.96. The van der Waals surface area contributed by atoms with E-state index < -0.39 is 22.9 Å². The van der Waals surface area contributed by atoms with Crippen LogP contribution in [-0.4, -0.2) is 22.7 Å². The number of benzene rings is 4. The number of carbonyl (C=O) groups excluding carboxylic acids is 3. The van der Waals surface area contributed by atoms with E-state index in [-0.39, 0.29) is 17.2 Å². The summed E-state index contributed by atoms with van der Waals surface area (Å²) in [7, 11) is 0. The van der Waals surface area contributed by atoms with Crippen molar-refractivity contribution < 1.29 is 18.8 Å². The molecule has 3 N–H and O–H groups in total. The molecule has 220 valence electrons. The highest BCUT2D eigenvalue weighted by molar-refractivity contribution is 8.00. The molecule has 1 unspecified atom stereocenters. The third kappa shape index (κ3) is 8.06. The number of halogens is 1. The Hall–Kier alpha value is -5.06. The van der Waals surface area contributed by atoms with Crippen LogP contribution in [0, 0.1) is 12.7 Å². The fraction of sp³-hybridized carbons (Fsp3) is 0.0588. The maximum Gasteiger partial charge on any atom is 0.272 e. The van der Waals surface area contributed by atoms with E-state index in [1.165, 1.54) is 41.3 Å². The standard InChI is InChI=1S/C34H27FN4O3S2/c1-22-21-43-34(36-22)39-33(42)30(23-11-4-2-5-12-23)44-27-17-10-16-26(20-27)37-32(41)29(19-25-15-8-9-18-28(25)35)38-31(40)24-13-6-3-7-14-24/h2-21,30H,1H3,(H,37,41)(H,38,40)(H,36,39,42)/b29-19-. The van der Waals surface area contributed by atoms with Crippen LogP contribution in [0.1, 0.15) is 32.4 Å². The first kappa shape index (κ1) is 30.4. The number of carbonyl (C=O) groups is 3. The van der Waals surface area contributed by atoms with Gasteiger partial charge >= 0.3 is 0 Å². The van der Waals surface area contributed by atoms with E-state index in [1.807, 2.05) is 48.7 Å². The molecule has 0 saturated heterocycles. The summed E-state index contributed by atoms with van der Waals surface area (Å²) in [6, 6.07) is 30.8. The molecular weight excluding hydrogens is 596 g/mol. The predicted molar refractivity (Wildman–Crippen MR) is 174 cm³/mol. The minimum absolute atomic E-state index is 0.137. The smallest absolute Gasteiger partial charge is 0.272 e. The van der Waals surface area contributed by atoms with Crippen molar-refractivity contribution >= 4 is 57.7 Å². The average Bonchev–Trinajstić information content (AvgIpc) is 3.45. The summed E-state index contributed by atoms with van der Waals surface area (Å²) in [5.41, 5.74) is 2.40. The molecule has 0 aliphatic rings. The van der Waals surface area contributed by atoms with E-state index in [2.05, 4.69) is 20.9 Å². The van der Waals surface area contributed by atoms with Crippen molar-refractivity contribution in [3.05, 3.63) is 148 Å². The number of hydrogen-bond donors (Lipinski definition) is 3. The number of nitrogens with one attached hydrogen (secondary N) is 3. The molecule has 5 aromatic rings. The van der Waals surface area contributed by atoms with Crippen molar-refractivity contribution in [1.82, 2.24) is 10.3 Å². The number of aromatic nitrogens is 1. The van der Waals surface area contributed by atoms with Gasteiger partial charge in [-0.2, -0.15) is 0 Å². The number of thiazole rings is 1. The maximum atomic E-state index is 14.5. The largest absolute Gasteiger partial charge is 0.321 e. The minimum atomic E-state index is -0.642. The predicted octanol–water partition coefficient (Wildman–Crippen LogP) is 7.47. The van der Waals surface area contributed by atoms with Crippen LogP contribution >= 0.6 is 23.1 Å². The Morgan fingerprint density at radius 3 is 2.27 bits per heavy atom. The SMILES string of the molecule is Cc1csc(NC(=O)C(Sc2cccc(NC(=O)/C(=C/c3ccccc3F)NC(=O)c3ccccc3)c2)c2ccccc2)n1. The van der Waals surface area contributed by atoms with Gasteiger partial charge in [-0.1, -0.05) is 72.8 Å². The molecule has 1 heterocycles. The first-order valence-electron chi connectivity index (χ1n) is 13.5. The lowest BCUT2D eigenvalue weighted by Crippen LogP contribution is -2.30. The van der Waals surface area contributed by atoms with E-state index in [0.29, 0.717) is 16.4 Å². The zero-order valence-corrected chi connectivity index (χ0v) is 25.1. The van der Waals surface area contributed by atoms with Crippen LogP contribution in [0.2, 0.25) is 0 Å². The second-order valence-corrected chi connectivity index (χ2v) is 11.6. The molecule has 0 bridgehead atoms. The first-order valence-corrected chi connectivity index (χ1v) is 15.3. The van der Waals surface area contributed by atoms with Gasteiger partial charge in [-0.3, -0.25) is 14.4 Å². The molecule has 0 saturated carbocycles. The number of rotatable bonds is 10. The van der Waals surface area contributed by atoms with Gasteiger partial charge in [-0.25, -0.2) is 9.37 Å². The zero-order valence-electron chi connectivity index (χ0n) is 23.5. The number of nitrogens with zero attached hydrogens (tertiary/aromatic N) is 1. The van der Waals surface area contributed by atoms with Crippen LogP contribution in [0.5, 0.6) is 0 Å². The second-order valence-electron chi connectivity index (χ2n) is 9.57. The third-order valence-electron chi connectivity index (χ3n) is 6.27. The summed E-state index contributed by atoms with van der Waals surface area (Å²) in [6.07, 6.45) is 1.29. The molecule has 0 aliphatic carbocycles. The molecule has 3 amide bonds. The minimum Gasteiger partial charge on any atom is -0.321 e. The maximum absolute atomic E-state index is 14.5. The van der Waals surface area contributed by atoms with Gasteiger partial charge < -0.3 is 16.0 Å². The lowest BCUT2D eigenvalue weighted by molar-refractivity contribution is -0.116. The first-order chi connectivity index (χ1) is 21.4. The number of amides is 3. The highest BCUT2D eigenvalue weighted by Gasteiger charge is 2.23. The van der Waals surface area contributed by atoms with E-state index in [1.54, 1.807) is 60.7 Å². The zero-order chi connectivity index (χ0) is 30.9. The lowest BCUT2D eigenvalue weighted by Gasteiger charge is -2.17. The Balaban J connectivity index is 1.38. The molecule has 4 aromatic carbocycles. The molecule has 0 radical (unpaired) electrons. The molecular formula is C34H27FN4O3S2. The highest BCUT2D eigenvalue weighted by atomic mass is 32.2. The van der Waals surface area contributed by atoms with Crippen molar-refractivity contribution in [3.63, 3.8) is 0 Å². The van der Waals surface area contributed by atoms with Gasteiger partial charge in [0.05, 0.1) is 5.69 Å². The number of thioether (sulfide) groups is 1. The Labute approximate surface area is 262 Å². The van der Waals surface area contributed by atoms with Crippen molar-refractivity contribution in [1.29, 1.82) is 0 Å². The van der Waals surface area contributed by atoms with Crippen molar-refractivity contribution in [2.24, 2.45) is 0 Å². The fourth-order valence-corrected chi connectivity index (χ4v) is 5.93. The summed E-state index contributed by atoms with van der Waals surface area (Å²) in [4.78, 5) is 44.8. The fourth-order valence-electron chi connectivity index (χ4n) is 4.15. The average molecular weight is 623 g/mol. The van der Waals surface area contributed by atoms with Crippen molar-refractivity contribution in [2.75, 3.05) is 10.6 Å². The molecule has 1 aromatic heterocycles. The summed E-state index contributed by atoms with van der Waals surface area (Å²) < 4.78 is 14.5. The van der Waals surface area contributed by atoms with Gasteiger partial charge in [-0.15, -0.1) is 23.1 Å². The quantitative estimate of drug-likeness (QED) is 0.111. The molecule has 0 fully saturated rings. The van der Waals surface area contributed by atoms with Crippen LogP contribution in [0.3, 0.4) is 0 Å². The van der Waals surface area contributed by atoms with Gasteiger partial charge in [0, 0.05) is 27.1 Å². The lowest BCUT2D eigenvalue weighted by atomic mass is 10.1. The van der Waals surface area contributed by atoms with E-state index in [4.69, 9.17) is 0 Å². The normalized spacial score (nSPS) is 11.8. The molecule has 0 aliphatic heterocycles. The Bertz CT molecular complexity index is 1810. The third-order valence-corrected chi connectivity index (χ3v) is 8.39. The van der Waals surface area contributed by atoms with Gasteiger partial charge in [0.2, 0.25) is 5.91 Å². The summed E-state index contributed by atoms with van der Waals surface area (Å²) in [6.45, 7) is 1.86. The topological polar surface area (TPSA) is 100 Å². The highest BCUT2D eigenvalue weighted by Crippen LogP contribution is 2.37. The summed E-state index contributed by atoms with van der Waals surface area (Å²) >= 11 is 2.67. The second kappa shape index (κ2) is 14.4. The van der Waals surface area contributed by atoms with Gasteiger partial charge in [0.1, 0.15) is 16.8 Å². The van der Waals surface area contributed by atoms with Crippen molar-refractivity contribution in [2.45, 2.75) is 17.1 Å². The van der Waals surface area contributed by atoms with E-state index in [0.717, 1.165) is 16.2 Å². The Morgan fingerprint density at radius 2 is 1.57 bits per heavy atom. The van der Waals surface area contributed by atoms with Crippen molar-refractivity contribution in [3.8, 4) is 0 Å². The van der Waals surface area contributed by atoms with E-state index in [9.17, 15) is 18.8 Å². The van der Waals surface area contributed by atoms with Gasteiger partial charge in [-0.05, 0) is 55.0 Å². The molecule has 1 atom stereocenters. The van der Waals surface area contributed by atoms with Crippen LogP contribution in [0.25, 0.3) is 6.08 Å². The van der Waals surface area contributed by atoms with Crippen LogP contribution in [0.15, 0.2) is 125 Å². The van der Waals surface area contributed by atoms with Gasteiger partial charge in [0.25, 0.3) is 11.8 Å². The summed E-state index contributed by atoms with van der Waals surface area (Å²) in [5, 5.41) is 10.1. The number of hydrogen-bond acceptors (Lipinski definition) is 6. The van der Waals surface area contributed by atoms with Crippen LogP contribution < -0.4 is 16.0 Å². The molecule has 0 spiro atoms. The summed E-state index contributed by atoms with van der Waals surface area (Å²) in [5.74, 6) is -1.93.